The van der Waals surface area contributed by atoms with Crippen LogP contribution in [0.4, 0.5) is 5.69 Å². The van der Waals surface area contributed by atoms with Crippen molar-refractivity contribution in [2.45, 2.75) is 6.92 Å². The van der Waals surface area contributed by atoms with Gasteiger partial charge in [-0.05, 0) is 31.2 Å². The molecule has 1 N–H and O–H groups in total. The number of halogens is 1. The zero-order valence-corrected chi connectivity index (χ0v) is 14.9. The number of hydrogen-bond acceptors (Lipinski definition) is 4. The van der Waals surface area contributed by atoms with Gasteiger partial charge in [0.25, 0.3) is 0 Å². The number of terminal acetylenes is 1. The second-order valence-corrected chi connectivity index (χ2v) is 5.81. The first-order chi connectivity index (χ1) is 12.7. The molecule has 6 heteroatoms. The van der Waals surface area contributed by atoms with Crippen LogP contribution in [0.3, 0.4) is 0 Å². The molecule has 0 amide bonds. The highest BCUT2D eigenvalue weighted by atomic mass is 35.5. The molecule has 1 aromatic heterocycles. The molecule has 1 atom stereocenters. The molecule has 0 spiro atoms. The fourth-order valence-corrected chi connectivity index (χ4v) is 2.54. The summed E-state index contributed by atoms with van der Waals surface area (Å²) in [6.45, 7) is 1.88. The van der Waals surface area contributed by atoms with Gasteiger partial charge in [0.2, 0.25) is 0 Å². The largest absolute Gasteiger partial charge is 0.342 e. The Bertz CT molecular complexity index is 952. The molecule has 0 bridgehead atoms. The predicted molar refractivity (Wildman–Crippen MR) is 108 cm³/mol. The third-order valence-corrected chi connectivity index (χ3v) is 3.77. The molecular weight excluding hydrogens is 346 g/mol. The molecule has 1 unspecified atom stereocenters. The van der Waals surface area contributed by atoms with E-state index in [4.69, 9.17) is 18.0 Å². The molecule has 1 aliphatic heterocycles. The number of allylic oxidation sites excluding steroid dienone is 1. The third kappa shape index (κ3) is 4.05. The van der Waals surface area contributed by atoms with E-state index in [1.807, 2.05) is 37.3 Å². The molecule has 0 radical (unpaired) electrons. The van der Waals surface area contributed by atoms with E-state index in [-0.39, 0.29) is 0 Å². The summed E-state index contributed by atoms with van der Waals surface area (Å²) in [5, 5.41) is 3.86. The fourth-order valence-electron chi connectivity index (χ4n) is 2.35. The molecule has 26 heavy (non-hydrogen) atoms. The Kier molecular flexibility index (Phi) is 5.57. The van der Waals surface area contributed by atoms with E-state index < -0.39 is 5.92 Å². The van der Waals surface area contributed by atoms with E-state index >= 15 is 0 Å². The SMILES string of the molecule is C#CC1C(=N/C=C\C)N=C(c2cccc(Cl)c2)N=C1Nc1ccncc1. The monoisotopic (exact) mass is 361 g/mol. The number of rotatable bonds is 3. The molecule has 5 nitrogen and oxygen atoms in total. The molecular formula is C20H16ClN5. The fraction of sp³-hybridized carbons (Fsp3) is 0.100. The highest BCUT2D eigenvalue weighted by Crippen LogP contribution is 2.19. The maximum absolute atomic E-state index is 6.11. The number of nitrogens with zero attached hydrogens (tertiary/aromatic N) is 4. The zero-order chi connectivity index (χ0) is 18.4. The van der Waals surface area contributed by atoms with Crippen LogP contribution >= 0.6 is 11.6 Å². The van der Waals surface area contributed by atoms with Gasteiger partial charge in [0.05, 0.1) is 0 Å². The van der Waals surface area contributed by atoms with Gasteiger partial charge >= 0.3 is 0 Å². The highest BCUT2D eigenvalue weighted by molar-refractivity contribution is 6.31. The van der Waals surface area contributed by atoms with Gasteiger partial charge in [0.15, 0.2) is 11.7 Å². The van der Waals surface area contributed by atoms with E-state index in [2.05, 4.69) is 31.2 Å². The van der Waals surface area contributed by atoms with E-state index in [1.165, 1.54) is 0 Å². The van der Waals surface area contributed by atoms with Crippen molar-refractivity contribution >= 4 is 34.8 Å². The minimum absolute atomic E-state index is 0.484. The average Bonchev–Trinajstić information content (AvgIpc) is 2.67. The third-order valence-electron chi connectivity index (χ3n) is 3.54. The van der Waals surface area contributed by atoms with E-state index in [1.54, 1.807) is 30.7 Å². The molecule has 128 valence electrons. The number of anilines is 1. The van der Waals surface area contributed by atoms with Gasteiger partial charge in [0, 0.05) is 34.9 Å². The number of aliphatic imine (C=N–C) groups is 3. The van der Waals surface area contributed by atoms with Crippen LogP contribution in [0.2, 0.25) is 5.02 Å². The Morgan fingerprint density at radius 3 is 2.73 bits per heavy atom. The topological polar surface area (TPSA) is 62.0 Å². The molecule has 0 saturated carbocycles. The summed E-state index contributed by atoms with van der Waals surface area (Å²) in [5.41, 5.74) is 1.62. The van der Waals surface area contributed by atoms with Crippen LogP contribution in [0.25, 0.3) is 0 Å². The number of pyridine rings is 1. The van der Waals surface area contributed by atoms with Gasteiger partial charge in [-0.3, -0.25) is 4.98 Å². The van der Waals surface area contributed by atoms with Crippen molar-refractivity contribution in [1.82, 2.24) is 4.98 Å². The van der Waals surface area contributed by atoms with E-state index in [0.717, 1.165) is 11.3 Å². The molecule has 1 aromatic carbocycles. The first-order valence-corrected chi connectivity index (χ1v) is 8.34. The molecule has 0 aliphatic carbocycles. The van der Waals surface area contributed by atoms with Crippen LogP contribution in [0, 0.1) is 18.3 Å². The second-order valence-electron chi connectivity index (χ2n) is 5.37. The molecule has 0 fully saturated rings. The van der Waals surface area contributed by atoms with Crippen molar-refractivity contribution in [1.29, 1.82) is 0 Å². The lowest BCUT2D eigenvalue weighted by atomic mass is 10.1. The normalized spacial score (nSPS) is 18.3. The van der Waals surface area contributed by atoms with Crippen molar-refractivity contribution in [3.05, 3.63) is 71.7 Å². The number of amidine groups is 3. The lowest BCUT2D eigenvalue weighted by Crippen LogP contribution is -2.33. The van der Waals surface area contributed by atoms with Gasteiger partial charge in [0.1, 0.15) is 11.8 Å². The number of aromatic nitrogens is 1. The van der Waals surface area contributed by atoms with Gasteiger partial charge in [-0.2, -0.15) is 0 Å². The van der Waals surface area contributed by atoms with Gasteiger partial charge in [-0.15, -0.1) is 6.42 Å². The van der Waals surface area contributed by atoms with Crippen molar-refractivity contribution in [2.24, 2.45) is 20.9 Å². The minimum atomic E-state index is -0.484. The number of benzene rings is 1. The number of nitrogens with one attached hydrogen (secondary N) is 1. The summed E-state index contributed by atoms with van der Waals surface area (Å²) < 4.78 is 0. The van der Waals surface area contributed by atoms with Crippen molar-refractivity contribution < 1.29 is 0 Å². The van der Waals surface area contributed by atoms with E-state index in [9.17, 15) is 0 Å². The summed E-state index contributed by atoms with van der Waals surface area (Å²) in [4.78, 5) is 17.6. The lowest BCUT2D eigenvalue weighted by molar-refractivity contribution is 1.16. The van der Waals surface area contributed by atoms with Crippen LogP contribution in [-0.2, 0) is 0 Å². The minimum Gasteiger partial charge on any atom is -0.342 e. The summed E-state index contributed by atoms with van der Waals surface area (Å²) in [6.07, 6.45) is 12.6. The highest BCUT2D eigenvalue weighted by Gasteiger charge is 2.26. The molecule has 0 saturated heterocycles. The lowest BCUT2D eigenvalue weighted by Gasteiger charge is -2.20. The Morgan fingerprint density at radius 2 is 2.04 bits per heavy atom. The van der Waals surface area contributed by atoms with Crippen molar-refractivity contribution in [3.8, 4) is 12.3 Å². The Labute approximate surface area is 157 Å². The maximum atomic E-state index is 6.11. The first-order valence-electron chi connectivity index (χ1n) is 7.96. The molecule has 2 aromatic rings. The summed E-state index contributed by atoms with van der Waals surface area (Å²) in [5.74, 6) is 3.79. The predicted octanol–water partition coefficient (Wildman–Crippen LogP) is 4.19. The summed E-state index contributed by atoms with van der Waals surface area (Å²) in [6, 6.07) is 11.0. The molecule has 1 aliphatic rings. The molecule has 2 heterocycles. The zero-order valence-electron chi connectivity index (χ0n) is 14.1. The Morgan fingerprint density at radius 1 is 1.23 bits per heavy atom. The number of hydrogen-bond donors (Lipinski definition) is 1. The molecule has 3 rings (SSSR count). The van der Waals surface area contributed by atoms with Gasteiger partial charge < -0.3 is 5.32 Å². The average molecular weight is 362 g/mol. The standard InChI is InChI=1S/C20H16ClN5/c1-3-10-23-19-17(4-2)20(24-16-8-11-22-12-9-16)26-18(25-19)14-6-5-7-15(21)13-14/h2-3,5-13,17H,1H3,(H,22,23,24,25,26)/b10-3-. The van der Waals surface area contributed by atoms with Crippen LogP contribution in [0.1, 0.15) is 12.5 Å². The van der Waals surface area contributed by atoms with Crippen molar-refractivity contribution in [2.75, 3.05) is 5.32 Å². The Balaban J connectivity index is 2.07. The van der Waals surface area contributed by atoms with Crippen molar-refractivity contribution in [3.63, 3.8) is 0 Å². The van der Waals surface area contributed by atoms with Crippen LogP contribution in [0.15, 0.2) is 76.0 Å². The van der Waals surface area contributed by atoms with Crippen LogP contribution in [0.5, 0.6) is 0 Å². The quantitative estimate of drug-likeness (QED) is 0.833. The van der Waals surface area contributed by atoms with Gasteiger partial charge in [-0.25, -0.2) is 15.0 Å². The van der Waals surface area contributed by atoms with E-state index in [0.29, 0.717) is 22.5 Å². The van der Waals surface area contributed by atoms with Crippen LogP contribution in [-0.4, -0.2) is 22.5 Å². The van der Waals surface area contributed by atoms with Gasteiger partial charge in [-0.1, -0.05) is 35.7 Å². The second kappa shape index (κ2) is 8.24. The van der Waals surface area contributed by atoms with Crippen LogP contribution < -0.4 is 5.32 Å². The first kappa shape index (κ1) is 17.6. The summed E-state index contributed by atoms with van der Waals surface area (Å²) in [7, 11) is 0. The summed E-state index contributed by atoms with van der Waals surface area (Å²) >= 11 is 6.11. The smallest absolute Gasteiger partial charge is 0.163 e. The maximum Gasteiger partial charge on any atom is 0.163 e. The Hall–Kier alpha value is -3.23.